The molecule has 0 fully saturated rings. The molecule has 0 saturated heterocycles. The maximum atomic E-state index is 11.6. The van der Waals surface area contributed by atoms with Gasteiger partial charge in [0.25, 0.3) is 5.69 Å². The highest BCUT2D eigenvalue weighted by Crippen LogP contribution is 2.28. The van der Waals surface area contributed by atoms with Gasteiger partial charge in [-0.1, -0.05) is 34.7 Å². The Labute approximate surface area is 126 Å². The first-order chi connectivity index (χ1) is 9.56. The minimum absolute atomic E-state index is 0.0593. The van der Waals surface area contributed by atoms with Gasteiger partial charge in [-0.05, 0) is 6.07 Å². The lowest BCUT2D eigenvalue weighted by Crippen LogP contribution is -2.10. The van der Waals surface area contributed by atoms with Crippen LogP contribution in [-0.2, 0) is 4.79 Å². The highest BCUT2D eigenvalue weighted by molar-refractivity contribution is 8.01. The van der Waals surface area contributed by atoms with Crippen LogP contribution in [0, 0.1) is 10.1 Å². The summed E-state index contributed by atoms with van der Waals surface area (Å²) in [6.45, 7) is 0. The predicted octanol–water partition coefficient (Wildman–Crippen LogP) is 2.80. The summed E-state index contributed by atoms with van der Waals surface area (Å²) in [6, 6.07) is 3.73. The van der Waals surface area contributed by atoms with Crippen molar-refractivity contribution < 1.29 is 14.5 Å². The Balaban J connectivity index is 1.94. The third-order valence-corrected chi connectivity index (χ3v) is 4.14. The van der Waals surface area contributed by atoms with Crippen LogP contribution in [0.4, 0.5) is 5.69 Å². The van der Waals surface area contributed by atoms with Gasteiger partial charge in [0.2, 0.25) is 0 Å². The summed E-state index contributed by atoms with van der Waals surface area (Å²) in [5, 5.41) is 17.9. The molecule has 1 aromatic heterocycles. The first kappa shape index (κ1) is 14.7. The molecule has 7 nitrogen and oxygen atoms in total. The second-order valence-corrected chi connectivity index (χ2v) is 5.80. The zero-order chi connectivity index (χ0) is 14.5. The van der Waals surface area contributed by atoms with Gasteiger partial charge >= 0.3 is 5.97 Å². The van der Waals surface area contributed by atoms with Crippen LogP contribution in [0.15, 0.2) is 28.0 Å². The van der Waals surface area contributed by atoms with Crippen LogP contribution >= 0.6 is 34.7 Å². The van der Waals surface area contributed by atoms with E-state index in [0.29, 0.717) is 4.34 Å². The Morgan fingerprint density at radius 2 is 2.35 bits per heavy atom. The number of esters is 1. The van der Waals surface area contributed by atoms with Gasteiger partial charge in [-0.25, -0.2) is 0 Å². The number of halogens is 1. The fourth-order valence-corrected chi connectivity index (χ4v) is 2.71. The van der Waals surface area contributed by atoms with Crippen LogP contribution in [0.1, 0.15) is 0 Å². The van der Waals surface area contributed by atoms with E-state index in [2.05, 4.69) is 10.2 Å². The van der Waals surface area contributed by atoms with E-state index >= 15 is 0 Å². The average Bonchev–Trinajstić information content (AvgIpc) is 2.89. The number of benzene rings is 1. The maximum Gasteiger partial charge on any atom is 0.321 e. The molecule has 10 heteroatoms. The van der Waals surface area contributed by atoms with Crippen molar-refractivity contribution >= 4 is 46.4 Å². The van der Waals surface area contributed by atoms with Gasteiger partial charge in [0.05, 0.1) is 10.7 Å². The Morgan fingerprint density at radius 3 is 2.95 bits per heavy atom. The zero-order valence-electron chi connectivity index (χ0n) is 9.69. The standard InChI is InChI=1S/C10H6ClN3O4S2/c11-7-3-6(1-2-8(7)14(16)17)18-9(15)4-19-10-13-12-5-20-10/h1-3,5H,4H2. The zero-order valence-corrected chi connectivity index (χ0v) is 12.1. The van der Waals surface area contributed by atoms with E-state index in [1.807, 2.05) is 0 Å². The summed E-state index contributed by atoms with van der Waals surface area (Å²) < 4.78 is 5.67. The molecule has 2 aromatic rings. The lowest BCUT2D eigenvalue weighted by molar-refractivity contribution is -0.384. The molecule has 0 saturated carbocycles. The minimum Gasteiger partial charge on any atom is -0.426 e. The summed E-state index contributed by atoms with van der Waals surface area (Å²) in [5.74, 6) is -0.289. The Morgan fingerprint density at radius 1 is 1.55 bits per heavy atom. The molecule has 20 heavy (non-hydrogen) atoms. The largest absolute Gasteiger partial charge is 0.426 e. The quantitative estimate of drug-likeness (QED) is 0.273. The molecule has 104 valence electrons. The first-order valence-electron chi connectivity index (χ1n) is 5.10. The van der Waals surface area contributed by atoms with Crippen LogP contribution < -0.4 is 4.74 Å². The number of hydrogen-bond donors (Lipinski definition) is 0. The van der Waals surface area contributed by atoms with Crippen LogP contribution in [0.25, 0.3) is 0 Å². The fraction of sp³-hybridized carbons (Fsp3) is 0.100. The van der Waals surface area contributed by atoms with Crippen LogP contribution in [0.2, 0.25) is 5.02 Å². The maximum absolute atomic E-state index is 11.6. The molecule has 0 amide bonds. The topological polar surface area (TPSA) is 95.2 Å². The Bertz CT molecular complexity index is 635. The average molecular weight is 332 g/mol. The molecule has 0 unspecified atom stereocenters. The molecule has 0 aliphatic heterocycles. The van der Waals surface area contributed by atoms with Crippen molar-refractivity contribution in [2.24, 2.45) is 0 Å². The van der Waals surface area contributed by atoms with Crippen LogP contribution in [0.3, 0.4) is 0 Å². The number of hydrogen-bond acceptors (Lipinski definition) is 8. The fourth-order valence-electron chi connectivity index (χ4n) is 1.21. The number of thioether (sulfide) groups is 1. The number of nitrogens with zero attached hydrogens (tertiary/aromatic N) is 3. The molecule has 1 heterocycles. The number of carbonyl (C=O) groups is 1. The number of rotatable bonds is 5. The molecule has 0 aliphatic carbocycles. The van der Waals surface area contributed by atoms with Crippen molar-refractivity contribution in [2.45, 2.75) is 4.34 Å². The van der Waals surface area contributed by atoms with E-state index in [-0.39, 0.29) is 22.2 Å². The molecule has 0 bridgehead atoms. The second-order valence-electron chi connectivity index (χ2n) is 3.34. The predicted molar refractivity (Wildman–Crippen MR) is 74.4 cm³/mol. The van der Waals surface area contributed by atoms with E-state index in [9.17, 15) is 14.9 Å². The van der Waals surface area contributed by atoms with Crippen molar-refractivity contribution in [2.75, 3.05) is 5.75 Å². The molecule has 0 N–H and O–H groups in total. The molecule has 0 radical (unpaired) electrons. The molecule has 1 aromatic carbocycles. The smallest absolute Gasteiger partial charge is 0.321 e. The molecular formula is C10H6ClN3O4S2. The van der Waals surface area contributed by atoms with E-state index in [0.717, 1.165) is 0 Å². The second kappa shape index (κ2) is 6.64. The third-order valence-electron chi connectivity index (χ3n) is 2.00. The van der Waals surface area contributed by atoms with Crippen molar-refractivity contribution in [3.8, 4) is 5.75 Å². The van der Waals surface area contributed by atoms with Gasteiger partial charge in [-0.15, -0.1) is 10.2 Å². The monoisotopic (exact) mass is 331 g/mol. The van der Waals surface area contributed by atoms with E-state index < -0.39 is 10.9 Å². The normalized spacial score (nSPS) is 10.2. The summed E-state index contributed by atoms with van der Waals surface area (Å²) in [5.41, 5.74) is 1.32. The van der Waals surface area contributed by atoms with Gasteiger partial charge in [0.1, 0.15) is 16.3 Å². The van der Waals surface area contributed by atoms with Gasteiger partial charge in [0.15, 0.2) is 4.34 Å². The summed E-state index contributed by atoms with van der Waals surface area (Å²) in [6.07, 6.45) is 0. The highest BCUT2D eigenvalue weighted by Gasteiger charge is 2.14. The molecule has 0 spiro atoms. The van der Waals surface area contributed by atoms with Gasteiger partial charge in [-0.2, -0.15) is 0 Å². The van der Waals surface area contributed by atoms with Crippen LogP contribution in [-0.4, -0.2) is 26.8 Å². The summed E-state index contributed by atoms with van der Waals surface area (Å²) in [7, 11) is 0. The van der Waals surface area contributed by atoms with E-state index in [1.54, 1.807) is 5.51 Å². The van der Waals surface area contributed by atoms with Crippen LogP contribution in [0.5, 0.6) is 5.75 Å². The van der Waals surface area contributed by atoms with E-state index in [1.165, 1.54) is 41.3 Å². The summed E-state index contributed by atoms with van der Waals surface area (Å²) >= 11 is 8.22. The van der Waals surface area contributed by atoms with Gasteiger partial charge in [0, 0.05) is 12.1 Å². The Kier molecular flexibility index (Phi) is 4.88. The van der Waals surface area contributed by atoms with Gasteiger partial charge < -0.3 is 4.74 Å². The van der Waals surface area contributed by atoms with Crippen molar-refractivity contribution in [1.82, 2.24) is 10.2 Å². The molecular weight excluding hydrogens is 326 g/mol. The van der Waals surface area contributed by atoms with Gasteiger partial charge in [-0.3, -0.25) is 14.9 Å². The number of nitro benzene ring substituents is 1. The number of aromatic nitrogens is 2. The SMILES string of the molecule is O=C(CSc1nncs1)Oc1ccc([N+](=O)[O-])c(Cl)c1. The lowest BCUT2D eigenvalue weighted by Gasteiger charge is -2.03. The lowest BCUT2D eigenvalue weighted by atomic mass is 10.3. The molecule has 2 rings (SSSR count). The van der Waals surface area contributed by atoms with Crippen molar-refractivity contribution in [1.29, 1.82) is 0 Å². The van der Waals surface area contributed by atoms with Crippen molar-refractivity contribution in [3.05, 3.63) is 38.8 Å². The number of carbonyl (C=O) groups excluding carboxylic acids is 1. The number of nitro groups is 1. The Hall–Kier alpha value is -1.71. The third kappa shape index (κ3) is 3.89. The number of ether oxygens (including phenoxy) is 1. The van der Waals surface area contributed by atoms with Crippen molar-refractivity contribution in [3.63, 3.8) is 0 Å². The highest BCUT2D eigenvalue weighted by atomic mass is 35.5. The summed E-state index contributed by atoms with van der Waals surface area (Å²) in [4.78, 5) is 21.5. The molecule has 0 aliphatic rings. The minimum atomic E-state index is -0.612. The first-order valence-corrected chi connectivity index (χ1v) is 7.34. The van der Waals surface area contributed by atoms with E-state index in [4.69, 9.17) is 16.3 Å². The molecule has 0 atom stereocenters.